The van der Waals surface area contributed by atoms with Gasteiger partial charge < -0.3 is 19.3 Å². The summed E-state index contributed by atoms with van der Waals surface area (Å²) in [6.45, 7) is 1.35. The SMILES string of the molecule is COCC(=O)N1CCC(Oc2ncccc2C(=O)N(C)C)CC1. The lowest BCUT2D eigenvalue weighted by molar-refractivity contribution is -0.136. The first-order valence-corrected chi connectivity index (χ1v) is 7.63. The van der Waals surface area contributed by atoms with Crippen LogP contribution in [-0.4, -0.2) is 73.6 Å². The summed E-state index contributed by atoms with van der Waals surface area (Å²) in [7, 11) is 4.90. The van der Waals surface area contributed by atoms with Gasteiger partial charge in [0.25, 0.3) is 5.91 Å². The molecule has 0 unspecified atom stereocenters. The smallest absolute Gasteiger partial charge is 0.258 e. The molecule has 1 aromatic rings. The highest BCUT2D eigenvalue weighted by Gasteiger charge is 2.25. The molecular formula is C16H23N3O4. The summed E-state index contributed by atoms with van der Waals surface area (Å²) >= 11 is 0. The summed E-state index contributed by atoms with van der Waals surface area (Å²) in [5.74, 6) is 0.209. The van der Waals surface area contributed by atoms with Gasteiger partial charge in [0, 0.05) is 53.3 Å². The summed E-state index contributed by atoms with van der Waals surface area (Å²) in [4.78, 5) is 31.4. The number of hydrogen-bond acceptors (Lipinski definition) is 5. The third-order valence-electron chi connectivity index (χ3n) is 3.75. The van der Waals surface area contributed by atoms with Gasteiger partial charge in [-0.2, -0.15) is 0 Å². The zero-order valence-corrected chi connectivity index (χ0v) is 13.8. The Kier molecular flexibility index (Phi) is 5.92. The van der Waals surface area contributed by atoms with E-state index in [2.05, 4.69) is 4.98 Å². The van der Waals surface area contributed by atoms with E-state index in [0.29, 0.717) is 37.4 Å². The molecule has 0 N–H and O–H groups in total. The minimum atomic E-state index is -0.138. The highest BCUT2D eigenvalue weighted by Crippen LogP contribution is 2.21. The number of pyridine rings is 1. The van der Waals surface area contributed by atoms with E-state index in [9.17, 15) is 9.59 Å². The van der Waals surface area contributed by atoms with Crippen LogP contribution in [0, 0.1) is 0 Å². The average molecular weight is 321 g/mol. The summed E-state index contributed by atoms with van der Waals surface area (Å²) in [5.41, 5.74) is 0.454. The van der Waals surface area contributed by atoms with Crippen LogP contribution in [0.3, 0.4) is 0 Å². The standard InChI is InChI=1S/C16H23N3O4/c1-18(2)16(21)13-5-4-8-17-15(13)23-12-6-9-19(10-7-12)14(20)11-22-3/h4-5,8,12H,6-7,9-11H2,1-3H3. The fraction of sp³-hybridized carbons (Fsp3) is 0.562. The van der Waals surface area contributed by atoms with Crippen LogP contribution in [0.2, 0.25) is 0 Å². The maximum Gasteiger partial charge on any atom is 0.258 e. The number of amides is 2. The zero-order chi connectivity index (χ0) is 16.8. The van der Waals surface area contributed by atoms with Crippen molar-refractivity contribution in [2.24, 2.45) is 0 Å². The number of methoxy groups -OCH3 is 1. The Balaban J connectivity index is 1.97. The Morgan fingerprint density at radius 3 is 2.65 bits per heavy atom. The van der Waals surface area contributed by atoms with Crippen molar-refractivity contribution in [1.82, 2.24) is 14.8 Å². The molecule has 7 heteroatoms. The molecule has 2 amide bonds. The van der Waals surface area contributed by atoms with Gasteiger partial charge in [-0.1, -0.05) is 0 Å². The van der Waals surface area contributed by atoms with Crippen LogP contribution in [0.1, 0.15) is 23.2 Å². The lowest BCUT2D eigenvalue weighted by Gasteiger charge is -2.32. The first-order chi connectivity index (χ1) is 11.0. The first kappa shape index (κ1) is 17.2. The van der Waals surface area contributed by atoms with Gasteiger partial charge in [0.15, 0.2) is 0 Å². The molecule has 1 aliphatic rings. The van der Waals surface area contributed by atoms with Gasteiger partial charge in [-0.05, 0) is 12.1 Å². The van der Waals surface area contributed by atoms with E-state index in [0.717, 1.165) is 0 Å². The van der Waals surface area contributed by atoms with Crippen LogP contribution in [0.5, 0.6) is 5.88 Å². The number of carbonyl (C=O) groups excluding carboxylic acids is 2. The molecule has 1 aromatic heterocycles. The largest absolute Gasteiger partial charge is 0.474 e. The zero-order valence-electron chi connectivity index (χ0n) is 13.8. The molecule has 1 aliphatic heterocycles. The van der Waals surface area contributed by atoms with E-state index >= 15 is 0 Å². The number of piperidine rings is 1. The summed E-state index contributed by atoms with van der Waals surface area (Å²) < 4.78 is 10.8. The van der Waals surface area contributed by atoms with Crippen molar-refractivity contribution in [1.29, 1.82) is 0 Å². The second kappa shape index (κ2) is 7.92. The first-order valence-electron chi connectivity index (χ1n) is 7.63. The highest BCUT2D eigenvalue weighted by molar-refractivity contribution is 5.96. The van der Waals surface area contributed by atoms with Crippen LogP contribution in [0.4, 0.5) is 0 Å². The van der Waals surface area contributed by atoms with E-state index in [-0.39, 0.29) is 24.5 Å². The fourth-order valence-corrected chi connectivity index (χ4v) is 2.48. The molecule has 7 nitrogen and oxygen atoms in total. The highest BCUT2D eigenvalue weighted by atomic mass is 16.5. The van der Waals surface area contributed by atoms with E-state index in [4.69, 9.17) is 9.47 Å². The van der Waals surface area contributed by atoms with E-state index < -0.39 is 0 Å². The number of carbonyl (C=O) groups is 2. The number of ether oxygens (including phenoxy) is 2. The summed E-state index contributed by atoms with van der Waals surface area (Å²) in [6, 6.07) is 3.43. The second-order valence-electron chi connectivity index (χ2n) is 5.69. The van der Waals surface area contributed by atoms with Gasteiger partial charge in [-0.15, -0.1) is 0 Å². The lowest BCUT2D eigenvalue weighted by atomic mass is 10.1. The van der Waals surface area contributed by atoms with Crippen molar-refractivity contribution < 1.29 is 19.1 Å². The van der Waals surface area contributed by atoms with Crippen molar-refractivity contribution in [2.75, 3.05) is 40.9 Å². The van der Waals surface area contributed by atoms with Crippen LogP contribution in [0.25, 0.3) is 0 Å². The maximum absolute atomic E-state index is 12.2. The van der Waals surface area contributed by atoms with Gasteiger partial charge in [0.2, 0.25) is 11.8 Å². The Morgan fingerprint density at radius 2 is 2.04 bits per heavy atom. The van der Waals surface area contributed by atoms with Crippen LogP contribution >= 0.6 is 0 Å². The molecule has 0 atom stereocenters. The topological polar surface area (TPSA) is 72.0 Å². The number of aromatic nitrogens is 1. The van der Waals surface area contributed by atoms with Crippen molar-refractivity contribution in [3.05, 3.63) is 23.9 Å². The number of rotatable bonds is 5. The number of nitrogens with zero attached hydrogens (tertiary/aromatic N) is 3. The molecule has 0 saturated carbocycles. The van der Waals surface area contributed by atoms with Crippen molar-refractivity contribution in [3.63, 3.8) is 0 Å². The predicted octanol–water partition coefficient (Wildman–Crippen LogP) is 0.800. The molecule has 2 rings (SSSR count). The lowest BCUT2D eigenvalue weighted by Crippen LogP contribution is -2.43. The van der Waals surface area contributed by atoms with Crippen LogP contribution < -0.4 is 4.74 Å². The molecule has 0 spiro atoms. The second-order valence-corrected chi connectivity index (χ2v) is 5.69. The third-order valence-corrected chi connectivity index (χ3v) is 3.75. The minimum Gasteiger partial charge on any atom is -0.474 e. The molecular weight excluding hydrogens is 298 g/mol. The molecule has 0 bridgehead atoms. The van der Waals surface area contributed by atoms with Crippen molar-refractivity contribution in [2.45, 2.75) is 18.9 Å². The summed E-state index contributed by atoms with van der Waals surface area (Å²) in [6.07, 6.45) is 2.98. The third kappa shape index (κ3) is 4.41. The Hall–Kier alpha value is -2.15. The molecule has 2 heterocycles. The van der Waals surface area contributed by atoms with Gasteiger partial charge >= 0.3 is 0 Å². The number of hydrogen-bond donors (Lipinski definition) is 0. The van der Waals surface area contributed by atoms with E-state index in [1.807, 2.05) is 0 Å². The predicted molar refractivity (Wildman–Crippen MR) is 84.4 cm³/mol. The molecule has 126 valence electrons. The Morgan fingerprint density at radius 1 is 1.35 bits per heavy atom. The average Bonchev–Trinajstić information content (AvgIpc) is 2.55. The molecule has 0 aliphatic carbocycles. The molecule has 0 aromatic carbocycles. The normalized spacial score (nSPS) is 15.3. The number of likely N-dealkylation sites (tertiary alicyclic amines) is 1. The quantitative estimate of drug-likeness (QED) is 0.802. The van der Waals surface area contributed by atoms with Gasteiger partial charge in [0.05, 0.1) is 0 Å². The van der Waals surface area contributed by atoms with Crippen LogP contribution in [0.15, 0.2) is 18.3 Å². The minimum absolute atomic E-state index is 0.00717. The Bertz CT molecular complexity index is 554. The van der Waals surface area contributed by atoms with Crippen molar-refractivity contribution in [3.8, 4) is 5.88 Å². The van der Waals surface area contributed by atoms with Gasteiger partial charge in [0.1, 0.15) is 18.3 Å². The van der Waals surface area contributed by atoms with E-state index in [1.165, 1.54) is 12.0 Å². The molecule has 1 fully saturated rings. The molecule has 23 heavy (non-hydrogen) atoms. The van der Waals surface area contributed by atoms with Crippen LogP contribution in [-0.2, 0) is 9.53 Å². The van der Waals surface area contributed by atoms with Crippen molar-refractivity contribution >= 4 is 11.8 Å². The maximum atomic E-state index is 12.2. The Labute approximate surface area is 136 Å². The van der Waals surface area contributed by atoms with E-state index in [1.54, 1.807) is 37.3 Å². The molecule has 0 radical (unpaired) electrons. The molecule has 1 saturated heterocycles. The summed E-state index contributed by atoms with van der Waals surface area (Å²) in [5, 5.41) is 0. The van der Waals surface area contributed by atoms with Gasteiger partial charge in [-0.3, -0.25) is 9.59 Å². The van der Waals surface area contributed by atoms with Gasteiger partial charge in [-0.25, -0.2) is 4.98 Å². The monoisotopic (exact) mass is 321 g/mol. The fourth-order valence-electron chi connectivity index (χ4n) is 2.48.